The Morgan fingerprint density at radius 1 is 1.12 bits per heavy atom. The van der Waals surface area contributed by atoms with E-state index >= 15 is 0 Å². The van der Waals surface area contributed by atoms with Crippen LogP contribution in [0.4, 0.5) is 10.1 Å². The highest BCUT2D eigenvalue weighted by Gasteiger charge is 2.40. The summed E-state index contributed by atoms with van der Waals surface area (Å²) >= 11 is 0. The maximum atomic E-state index is 13.9. The Bertz CT molecular complexity index is 1080. The van der Waals surface area contributed by atoms with Gasteiger partial charge in [0.15, 0.2) is 0 Å². The van der Waals surface area contributed by atoms with Crippen LogP contribution < -0.4 is 5.32 Å². The van der Waals surface area contributed by atoms with Gasteiger partial charge in [-0.1, -0.05) is 13.8 Å². The molecule has 2 unspecified atom stereocenters. The molecule has 5 rings (SSSR count). The van der Waals surface area contributed by atoms with E-state index in [-0.39, 0.29) is 23.3 Å². The van der Waals surface area contributed by atoms with Crippen LogP contribution in [0.5, 0.6) is 0 Å². The lowest BCUT2D eigenvalue weighted by atomic mass is 9.83. The highest BCUT2D eigenvalue weighted by molar-refractivity contribution is 6.45. The minimum Gasteiger partial charge on any atom is -0.379 e. The van der Waals surface area contributed by atoms with Crippen molar-refractivity contribution < 1.29 is 18.7 Å². The normalized spacial score (nSPS) is 27.3. The van der Waals surface area contributed by atoms with Gasteiger partial charge in [0.25, 0.3) is 11.8 Å². The number of nitrogens with zero attached hydrogens (tertiary/aromatic N) is 2. The molecule has 0 radical (unpaired) electrons. The van der Waals surface area contributed by atoms with Crippen molar-refractivity contribution >= 4 is 28.6 Å². The van der Waals surface area contributed by atoms with Gasteiger partial charge in [-0.25, -0.2) is 4.39 Å². The number of morpholine rings is 1. The van der Waals surface area contributed by atoms with Crippen LogP contribution in [0.15, 0.2) is 36.5 Å². The standard InChI is InChI=1S/C25H29FN4O3/c1-15-13-30(14-16(2)23(15)29-8-10-33-11-9-29)25(32)22(19-4-3-7-27-19)21-18-6-5-17(26)12-20(18)28-24(21)31/h3-7,12,15-16,23,27H,8-11,13-14H2,1-2H3,(H,28,31)/b22-21-. The number of ether oxygens (including phenoxy) is 1. The number of H-pyrrole nitrogens is 1. The first-order chi connectivity index (χ1) is 15.9. The third-order valence-electron chi connectivity index (χ3n) is 6.99. The third-order valence-corrected chi connectivity index (χ3v) is 6.99. The van der Waals surface area contributed by atoms with Crippen LogP contribution in [0.25, 0.3) is 11.1 Å². The first-order valence-corrected chi connectivity index (χ1v) is 11.5. The molecule has 1 aromatic heterocycles. The largest absolute Gasteiger partial charge is 0.379 e. The van der Waals surface area contributed by atoms with Crippen molar-refractivity contribution in [2.24, 2.45) is 11.8 Å². The van der Waals surface area contributed by atoms with Crippen LogP contribution in [-0.4, -0.2) is 72.0 Å². The van der Waals surface area contributed by atoms with Gasteiger partial charge in [0.1, 0.15) is 5.82 Å². The van der Waals surface area contributed by atoms with Crippen LogP contribution in [0.2, 0.25) is 0 Å². The lowest BCUT2D eigenvalue weighted by Crippen LogP contribution is -2.58. The molecule has 7 nitrogen and oxygen atoms in total. The molecule has 2 atom stereocenters. The fourth-order valence-corrected chi connectivity index (χ4v) is 5.70. The molecule has 2 aromatic rings. The number of fused-ring (bicyclic) bond motifs is 1. The molecule has 0 spiro atoms. The SMILES string of the molecule is CC1CN(C(=O)/C(=C2\C(=O)Nc3cc(F)ccc32)c2ccc[nH]2)CC(C)C1N1CCOCC1. The number of amides is 2. The van der Waals surface area contributed by atoms with Gasteiger partial charge in [-0.15, -0.1) is 0 Å². The molecule has 33 heavy (non-hydrogen) atoms. The van der Waals surface area contributed by atoms with Crippen LogP contribution in [0.1, 0.15) is 25.1 Å². The molecular weight excluding hydrogens is 423 g/mol. The summed E-state index contributed by atoms with van der Waals surface area (Å²) in [6.45, 7) is 8.93. The number of nitrogens with one attached hydrogen (secondary N) is 2. The van der Waals surface area contributed by atoms with E-state index in [0.29, 0.717) is 41.6 Å². The summed E-state index contributed by atoms with van der Waals surface area (Å²) in [5.74, 6) is -0.443. The van der Waals surface area contributed by atoms with Crippen molar-refractivity contribution in [3.63, 3.8) is 0 Å². The number of aromatic nitrogens is 1. The lowest BCUT2D eigenvalue weighted by molar-refractivity contribution is -0.130. The average Bonchev–Trinajstić information content (AvgIpc) is 3.42. The summed E-state index contributed by atoms with van der Waals surface area (Å²) in [4.78, 5) is 34.3. The van der Waals surface area contributed by atoms with Crippen molar-refractivity contribution in [3.8, 4) is 0 Å². The van der Waals surface area contributed by atoms with Crippen LogP contribution in [-0.2, 0) is 14.3 Å². The van der Waals surface area contributed by atoms with Gasteiger partial charge < -0.3 is 19.9 Å². The van der Waals surface area contributed by atoms with Gasteiger partial charge in [0.05, 0.1) is 35.7 Å². The van der Waals surface area contributed by atoms with Gasteiger partial charge >= 0.3 is 0 Å². The van der Waals surface area contributed by atoms with E-state index in [2.05, 4.69) is 29.0 Å². The number of piperidine rings is 1. The Morgan fingerprint density at radius 3 is 2.52 bits per heavy atom. The van der Waals surface area contributed by atoms with Crippen LogP contribution in [0, 0.1) is 17.7 Å². The fraction of sp³-hybridized carbons (Fsp3) is 0.440. The maximum absolute atomic E-state index is 13.9. The van der Waals surface area contributed by atoms with Crippen molar-refractivity contribution in [2.75, 3.05) is 44.7 Å². The number of hydrogen-bond acceptors (Lipinski definition) is 4. The monoisotopic (exact) mass is 452 g/mol. The van der Waals surface area contributed by atoms with Crippen molar-refractivity contribution in [2.45, 2.75) is 19.9 Å². The smallest absolute Gasteiger partial charge is 0.257 e. The van der Waals surface area contributed by atoms with Gasteiger partial charge in [-0.2, -0.15) is 0 Å². The molecule has 3 aliphatic heterocycles. The highest BCUT2D eigenvalue weighted by Crippen LogP contribution is 2.39. The number of hydrogen-bond donors (Lipinski definition) is 2. The summed E-state index contributed by atoms with van der Waals surface area (Å²) in [5, 5.41) is 2.72. The van der Waals surface area contributed by atoms with Gasteiger partial charge in [-0.05, 0) is 42.2 Å². The predicted octanol–water partition coefficient (Wildman–Crippen LogP) is 2.83. The van der Waals surface area contributed by atoms with Crippen molar-refractivity contribution in [1.82, 2.24) is 14.8 Å². The Labute approximate surface area is 192 Å². The molecular formula is C25H29FN4O3. The molecule has 0 saturated carbocycles. The lowest BCUT2D eigenvalue weighted by Gasteiger charge is -2.47. The van der Waals surface area contributed by atoms with Crippen molar-refractivity contribution in [3.05, 3.63) is 53.6 Å². The van der Waals surface area contributed by atoms with E-state index in [1.54, 1.807) is 24.4 Å². The second kappa shape index (κ2) is 8.76. The number of anilines is 1. The Kier molecular flexibility index (Phi) is 5.80. The number of carbonyl (C=O) groups excluding carboxylic acids is 2. The highest BCUT2D eigenvalue weighted by atomic mass is 19.1. The summed E-state index contributed by atoms with van der Waals surface area (Å²) < 4.78 is 19.3. The summed E-state index contributed by atoms with van der Waals surface area (Å²) in [7, 11) is 0. The Hall–Kier alpha value is -2.97. The topological polar surface area (TPSA) is 77.7 Å². The molecule has 8 heteroatoms. The minimum absolute atomic E-state index is 0.182. The van der Waals surface area contributed by atoms with Crippen LogP contribution >= 0.6 is 0 Å². The molecule has 2 amide bonds. The van der Waals surface area contributed by atoms with Crippen LogP contribution in [0.3, 0.4) is 0 Å². The summed E-state index contributed by atoms with van der Waals surface area (Å²) in [6.07, 6.45) is 1.73. The Balaban J connectivity index is 1.49. The second-order valence-electron chi connectivity index (χ2n) is 9.28. The summed E-state index contributed by atoms with van der Waals surface area (Å²) in [6, 6.07) is 8.14. The number of aromatic amines is 1. The molecule has 2 N–H and O–H groups in total. The first-order valence-electron chi connectivity index (χ1n) is 11.5. The number of rotatable bonds is 3. The molecule has 4 heterocycles. The van der Waals surface area contributed by atoms with E-state index in [1.807, 2.05) is 4.90 Å². The quantitative estimate of drug-likeness (QED) is 0.703. The Morgan fingerprint density at radius 2 is 1.85 bits per heavy atom. The fourth-order valence-electron chi connectivity index (χ4n) is 5.70. The zero-order valence-electron chi connectivity index (χ0n) is 18.9. The van der Waals surface area contributed by atoms with E-state index in [1.165, 1.54) is 12.1 Å². The molecule has 0 aliphatic carbocycles. The van der Waals surface area contributed by atoms with E-state index in [9.17, 15) is 14.0 Å². The number of benzene rings is 1. The zero-order chi connectivity index (χ0) is 23.1. The van der Waals surface area contributed by atoms with Gasteiger partial charge in [0, 0.05) is 44.0 Å². The molecule has 2 fully saturated rings. The first kappa shape index (κ1) is 21.9. The van der Waals surface area contributed by atoms with E-state index < -0.39 is 11.7 Å². The molecule has 2 saturated heterocycles. The summed E-state index contributed by atoms with van der Waals surface area (Å²) in [5.41, 5.74) is 2.13. The molecule has 174 valence electrons. The number of likely N-dealkylation sites (tertiary alicyclic amines) is 1. The van der Waals surface area contributed by atoms with E-state index in [4.69, 9.17) is 4.74 Å². The zero-order valence-corrected chi connectivity index (χ0v) is 18.9. The third kappa shape index (κ3) is 3.98. The van der Waals surface area contributed by atoms with E-state index in [0.717, 1.165) is 26.3 Å². The minimum atomic E-state index is -0.434. The van der Waals surface area contributed by atoms with Gasteiger partial charge in [-0.3, -0.25) is 14.5 Å². The molecule has 3 aliphatic rings. The number of halogens is 1. The molecule has 1 aromatic carbocycles. The maximum Gasteiger partial charge on any atom is 0.257 e. The molecule has 0 bridgehead atoms. The van der Waals surface area contributed by atoms with Crippen molar-refractivity contribution in [1.29, 1.82) is 0 Å². The predicted molar refractivity (Wildman–Crippen MR) is 124 cm³/mol. The van der Waals surface area contributed by atoms with Gasteiger partial charge in [0.2, 0.25) is 0 Å². The second-order valence-corrected chi connectivity index (χ2v) is 9.28. The number of carbonyl (C=O) groups is 2. The average molecular weight is 453 g/mol.